The molecule has 0 saturated carbocycles. The molecule has 0 atom stereocenters. The molecule has 2 aromatic heterocycles. The minimum absolute atomic E-state index is 0.113. The smallest absolute Gasteiger partial charge is 0.289 e. The monoisotopic (exact) mass is 352 g/mol. The van der Waals surface area contributed by atoms with Crippen molar-refractivity contribution in [3.05, 3.63) is 40.0 Å². The molecular weight excluding hydrogens is 344 g/mol. The van der Waals surface area contributed by atoms with Crippen molar-refractivity contribution in [2.45, 2.75) is 11.3 Å². The van der Waals surface area contributed by atoms with Gasteiger partial charge in [-0.25, -0.2) is 4.98 Å². The molecule has 0 amide bonds. The average Bonchev–Trinajstić information content (AvgIpc) is 3.08. The van der Waals surface area contributed by atoms with Crippen molar-refractivity contribution in [3.63, 3.8) is 0 Å². The highest BCUT2D eigenvalue weighted by Crippen LogP contribution is 2.31. The summed E-state index contributed by atoms with van der Waals surface area (Å²) in [4.78, 5) is 6.71. The first-order valence-electron chi connectivity index (χ1n) is 6.07. The van der Waals surface area contributed by atoms with E-state index >= 15 is 0 Å². The van der Waals surface area contributed by atoms with E-state index < -0.39 is 10.0 Å². The molecule has 0 radical (unpaired) electrons. The molecule has 0 aliphatic carbocycles. The molecule has 0 aliphatic rings. The SMILES string of the molecule is Cc1ccc(NS(=O)(=O)c2ncc(Cl)s2)c2[nH]cc(C#N)c12. The number of aryl methyl sites for hydroxylation is 1. The number of H-pyrrole nitrogens is 1. The van der Waals surface area contributed by atoms with Crippen LogP contribution in [-0.2, 0) is 10.0 Å². The molecule has 0 bridgehead atoms. The molecular formula is C13H9ClN4O2S2. The molecule has 0 saturated heterocycles. The number of halogens is 1. The van der Waals surface area contributed by atoms with Crippen LogP contribution in [0.15, 0.2) is 28.9 Å². The first-order valence-corrected chi connectivity index (χ1v) is 8.75. The van der Waals surface area contributed by atoms with E-state index in [2.05, 4.69) is 20.8 Å². The number of thiazole rings is 1. The van der Waals surface area contributed by atoms with Gasteiger partial charge in [-0.1, -0.05) is 29.0 Å². The first-order chi connectivity index (χ1) is 10.4. The molecule has 3 aromatic rings. The fourth-order valence-electron chi connectivity index (χ4n) is 2.15. The van der Waals surface area contributed by atoms with Gasteiger partial charge >= 0.3 is 0 Å². The molecule has 6 nitrogen and oxygen atoms in total. The van der Waals surface area contributed by atoms with Crippen LogP contribution in [0.1, 0.15) is 11.1 Å². The Morgan fingerprint density at radius 2 is 2.23 bits per heavy atom. The fraction of sp³-hybridized carbons (Fsp3) is 0.0769. The number of aromatic nitrogens is 2. The summed E-state index contributed by atoms with van der Waals surface area (Å²) in [5.41, 5.74) is 2.26. The third kappa shape index (κ3) is 2.43. The number of anilines is 1. The van der Waals surface area contributed by atoms with Crippen molar-refractivity contribution in [2.24, 2.45) is 0 Å². The number of hydrogen-bond donors (Lipinski definition) is 2. The van der Waals surface area contributed by atoms with E-state index in [0.717, 1.165) is 16.9 Å². The lowest BCUT2D eigenvalue weighted by Crippen LogP contribution is -2.13. The molecule has 0 unspecified atom stereocenters. The van der Waals surface area contributed by atoms with Crippen LogP contribution in [0.2, 0.25) is 4.34 Å². The van der Waals surface area contributed by atoms with Crippen molar-refractivity contribution in [1.29, 1.82) is 5.26 Å². The average molecular weight is 353 g/mol. The maximum absolute atomic E-state index is 12.3. The largest absolute Gasteiger partial charge is 0.358 e. The van der Waals surface area contributed by atoms with Crippen molar-refractivity contribution >= 4 is 49.6 Å². The second kappa shape index (κ2) is 5.28. The number of hydrogen-bond acceptors (Lipinski definition) is 5. The number of sulfonamides is 1. The zero-order valence-corrected chi connectivity index (χ0v) is 13.6. The van der Waals surface area contributed by atoms with Gasteiger partial charge in [0.25, 0.3) is 10.0 Å². The Morgan fingerprint density at radius 1 is 1.45 bits per heavy atom. The Kier molecular flexibility index (Phi) is 3.56. The first kappa shape index (κ1) is 14.8. The van der Waals surface area contributed by atoms with Gasteiger partial charge in [-0.15, -0.1) is 0 Å². The molecule has 0 aliphatic heterocycles. The van der Waals surface area contributed by atoms with Crippen LogP contribution in [0.4, 0.5) is 5.69 Å². The topological polar surface area (TPSA) is 98.6 Å². The number of benzene rings is 1. The lowest BCUT2D eigenvalue weighted by atomic mass is 10.1. The predicted octanol–water partition coefficient (Wildman–Crippen LogP) is 3.26. The molecule has 9 heteroatoms. The third-order valence-electron chi connectivity index (χ3n) is 3.09. The van der Waals surface area contributed by atoms with Gasteiger partial charge in [0.2, 0.25) is 4.34 Å². The van der Waals surface area contributed by atoms with Gasteiger partial charge in [0, 0.05) is 11.6 Å². The Hall–Kier alpha value is -2.08. The number of rotatable bonds is 3. The predicted molar refractivity (Wildman–Crippen MR) is 85.7 cm³/mol. The van der Waals surface area contributed by atoms with Crippen molar-refractivity contribution in [1.82, 2.24) is 9.97 Å². The maximum atomic E-state index is 12.3. The summed E-state index contributed by atoms with van der Waals surface area (Å²) < 4.78 is 27.3. The second-order valence-corrected chi connectivity index (χ2v) is 8.05. The fourth-order valence-corrected chi connectivity index (χ4v) is 4.50. The van der Waals surface area contributed by atoms with Crippen LogP contribution in [-0.4, -0.2) is 18.4 Å². The van der Waals surface area contributed by atoms with Gasteiger partial charge in [0.05, 0.1) is 23.0 Å². The normalized spacial score (nSPS) is 11.5. The quantitative estimate of drug-likeness (QED) is 0.755. The van der Waals surface area contributed by atoms with E-state index in [4.69, 9.17) is 16.9 Å². The summed E-state index contributed by atoms with van der Waals surface area (Å²) >= 11 is 6.60. The van der Waals surface area contributed by atoms with Crippen LogP contribution in [0.5, 0.6) is 0 Å². The summed E-state index contributed by atoms with van der Waals surface area (Å²) in [6, 6.07) is 5.47. The highest BCUT2D eigenvalue weighted by Gasteiger charge is 2.21. The summed E-state index contributed by atoms with van der Waals surface area (Å²) in [6.07, 6.45) is 2.84. The van der Waals surface area contributed by atoms with Crippen LogP contribution in [0.3, 0.4) is 0 Å². The van der Waals surface area contributed by atoms with Gasteiger partial charge in [0.15, 0.2) is 0 Å². The van der Waals surface area contributed by atoms with E-state index in [1.165, 1.54) is 6.20 Å². The molecule has 2 heterocycles. The maximum Gasteiger partial charge on any atom is 0.289 e. The minimum Gasteiger partial charge on any atom is -0.358 e. The van der Waals surface area contributed by atoms with Gasteiger partial charge in [0.1, 0.15) is 10.4 Å². The lowest BCUT2D eigenvalue weighted by Gasteiger charge is -2.08. The van der Waals surface area contributed by atoms with E-state index in [9.17, 15) is 8.42 Å². The summed E-state index contributed by atoms with van der Waals surface area (Å²) in [5.74, 6) is 0. The number of aromatic amines is 1. The minimum atomic E-state index is -3.82. The molecule has 0 spiro atoms. The number of nitriles is 1. The highest BCUT2D eigenvalue weighted by molar-refractivity contribution is 7.94. The lowest BCUT2D eigenvalue weighted by molar-refractivity contribution is 0.600. The number of nitrogens with one attached hydrogen (secondary N) is 2. The van der Waals surface area contributed by atoms with Crippen LogP contribution >= 0.6 is 22.9 Å². The van der Waals surface area contributed by atoms with Crippen molar-refractivity contribution < 1.29 is 8.42 Å². The molecule has 22 heavy (non-hydrogen) atoms. The standard InChI is InChI=1S/C13H9ClN4O2S2/c1-7-2-3-9(12-11(7)8(4-15)5-16-12)18-22(19,20)13-17-6-10(14)21-13/h2-3,5-6,16,18H,1H3. The van der Waals surface area contributed by atoms with Crippen molar-refractivity contribution in [3.8, 4) is 6.07 Å². The van der Waals surface area contributed by atoms with Gasteiger partial charge in [-0.3, -0.25) is 4.72 Å². The number of nitrogens with zero attached hydrogens (tertiary/aromatic N) is 2. The third-order valence-corrected chi connectivity index (χ3v) is 5.97. The van der Waals surface area contributed by atoms with Gasteiger partial charge in [-0.05, 0) is 18.6 Å². The molecule has 2 N–H and O–H groups in total. The van der Waals surface area contributed by atoms with Gasteiger partial charge < -0.3 is 4.98 Å². The highest BCUT2D eigenvalue weighted by atomic mass is 35.5. The number of fused-ring (bicyclic) bond motifs is 1. The second-order valence-electron chi connectivity index (χ2n) is 4.53. The Labute approximate surface area is 135 Å². The van der Waals surface area contributed by atoms with Crippen LogP contribution in [0.25, 0.3) is 10.9 Å². The van der Waals surface area contributed by atoms with Crippen molar-refractivity contribution in [2.75, 3.05) is 4.72 Å². The molecule has 3 rings (SSSR count). The van der Waals surface area contributed by atoms with E-state index in [1.54, 1.807) is 18.3 Å². The van der Waals surface area contributed by atoms with E-state index in [0.29, 0.717) is 26.5 Å². The Balaban J connectivity index is 2.11. The summed E-state index contributed by atoms with van der Waals surface area (Å²) in [5, 5.41) is 9.82. The Bertz CT molecular complexity index is 1010. The zero-order chi connectivity index (χ0) is 15.9. The van der Waals surface area contributed by atoms with E-state index in [1.807, 2.05) is 6.92 Å². The van der Waals surface area contributed by atoms with Gasteiger partial charge in [-0.2, -0.15) is 13.7 Å². The molecule has 0 fully saturated rings. The van der Waals surface area contributed by atoms with Crippen LogP contribution < -0.4 is 4.72 Å². The van der Waals surface area contributed by atoms with Crippen LogP contribution in [0, 0.1) is 18.3 Å². The summed E-state index contributed by atoms with van der Waals surface area (Å²) in [6.45, 7) is 1.86. The van der Waals surface area contributed by atoms with E-state index in [-0.39, 0.29) is 4.34 Å². The Morgan fingerprint density at radius 3 is 2.86 bits per heavy atom. The summed E-state index contributed by atoms with van der Waals surface area (Å²) in [7, 11) is -3.82. The zero-order valence-electron chi connectivity index (χ0n) is 11.2. The molecule has 112 valence electrons. The molecule has 1 aromatic carbocycles.